The number of aromatic nitrogens is 1. The van der Waals surface area contributed by atoms with Crippen LogP contribution >= 0.6 is 15.9 Å². The third-order valence-electron chi connectivity index (χ3n) is 3.70. The highest BCUT2D eigenvalue weighted by atomic mass is 79.9. The number of hydrogen-bond donors (Lipinski definition) is 0. The summed E-state index contributed by atoms with van der Waals surface area (Å²) in [4.78, 5) is 18.5. The summed E-state index contributed by atoms with van der Waals surface area (Å²) in [5.41, 5.74) is 0.674. The number of pyridine rings is 1. The van der Waals surface area contributed by atoms with Crippen molar-refractivity contribution in [2.45, 2.75) is 32.6 Å². The highest BCUT2D eigenvalue weighted by Gasteiger charge is 2.22. The van der Waals surface area contributed by atoms with E-state index in [0.717, 1.165) is 31.8 Å². The van der Waals surface area contributed by atoms with Crippen LogP contribution in [0.1, 0.15) is 43.0 Å². The van der Waals surface area contributed by atoms with Crippen molar-refractivity contribution in [2.24, 2.45) is 5.92 Å². The van der Waals surface area contributed by atoms with Gasteiger partial charge in [-0.3, -0.25) is 4.79 Å². The number of carbonyl (C=O) groups excluding carboxylic acids is 1. The largest absolute Gasteiger partial charge is 0.339 e. The molecule has 2 heterocycles. The van der Waals surface area contributed by atoms with Crippen molar-refractivity contribution in [1.82, 2.24) is 9.88 Å². The minimum Gasteiger partial charge on any atom is -0.339 e. The van der Waals surface area contributed by atoms with E-state index in [9.17, 15) is 4.79 Å². The molecule has 0 bridgehead atoms. The van der Waals surface area contributed by atoms with E-state index in [4.69, 9.17) is 0 Å². The monoisotopic (exact) mass is 310 g/mol. The molecule has 4 heteroatoms. The fourth-order valence-corrected chi connectivity index (χ4v) is 2.91. The maximum atomic E-state index is 12.4. The maximum absolute atomic E-state index is 12.4. The first-order valence-electron chi connectivity index (χ1n) is 6.62. The Bertz CT molecular complexity index is 422. The zero-order valence-corrected chi connectivity index (χ0v) is 12.3. The quantitative estimate of drug-likeness (QED) is 0.783. The van der Waals surface area contributed by atoms with E-state index >= 15 is 0 Å². The van der Waals surface area contributed by atoms with Crippen molar-refractivity contribution in [1.29, 1.82) is 0 Å². The molecule has 1 aliphatic heterocycles. The number of likely N-dealkylation sites (tertiary alicyclic amines) is 1. The van der Waals surface area contributed by atoms with Gasteiger partial charge in [0.1, 0.15) is 4.60 Å². The fourth-order valence-electron chi connectivity index (χ4n) is 2.49. The molecule has 3 nitrogen and oxygen atoms in total. The van der Waals surface area contributed by atoms with E-state index in [1.54, 1.807) is 6.20 Å². The number of rotatable bonds is 2. The molecule has 0 aromatic carbocycles. The molecule has 1 aliphatic rings. The number of amides is 1. The second-order valence-corrected chi connectivity index (χ2v) is 5.59. The average Bonchev–Trinajstić information content (AvgIpc) is 2.63. The minimum atomic E-state index is 0.103. The predicted molar refractivity (Wildman–Crippen MR) is 75.5 cm³/mol. The van der Waals surface area contributed by atoms with Crippen LogP contribution in [0, 0.1) is 5.92 Å². The Hall–Kier alpha value is -0.900. The molecule has 1 aromatic heterocycles. The molecule has 1 amide bonds. The first-order valence-corrected chi connectivity index (χ1v) is 7.41. The predicted octanol–water partition coefficient (Wildman–Crippen LogP) is 3.50. The molecular weight excluding hydrogens is 292 g/mol. The Kier molecular flexibility index (Phi) is 4.75. The number of hydrogen-bond acceptors (Lipinski definition) is 2. The van der Waals surface area contributed by atoms with Gasteiger partial charge in [-0.1, -0.05) is 13.3 Å². The smallest absolute Gasteiger partial charge is 0.256 e. The van der Waals surface area contributed by atoms with Crippen LogP contribution in [0.5, 0.6) is 0 Å². The van der Waals surface area contributed by atoms with Crippen molar-refractivity contribution in [3.05, 3.63) is 28.5 Å². The molecule has 98 valence electrons. The average molecular weight is 311 g/mol. The lowest BCUT2D eigenvalue weighted by molar-refractivity contribution is 0.0758. The third-order valence-corrected chi connectivity index (χ3v) is 4.33. The highest BCUT2D eigenvalue weighted by molar-refractivity contribution is 9.10. The van der Waals surface area contributed by atoms with Gasteiger partial charge in [-0.2, -0.15) is 0 Å². The van der Waals surface area contributed by atoms with Gasteiger partial charge in [0, 0.05) is 19.3 Å². The molecule has 1 unspecified atom stereocenters. The van der Waals surface area contributed by atoms with Crippen molar-refractivity contribution < 1.29 is 4.79 Å². The van der Waals surface area contributed by atoms with Gasteiger partial charge in [0.15, 0.2) is 0 Å². The maximum Gasteiger partial charge on any atom is 0.256 e. The lowest BCUT2D eigenvalue weighted by Crippen LogP contribution is -2.32. The zero-order valence-electron chi connectivity index (χ0n) is 10.7. The van der Waals surface area contributed by atoms with Gasteiger partial charge in [-0.25, -0.2) is 4.98 Å². The second-order valence-electron chi connectivity index (χ2n) is 4.84. The van der Waals surface area contributed by atoms with Crippen LogP contribution in [0.2, 0.25) is 0 Å². The van der Waals surface area contributed by atoms with Gasteiger partial charge < -0.3 is 4.90 Å². The summed E-state index contributed by atoms with van der Waals surface area (Å²) in [6.07, 6.45) is 6.39. The molecule has 1 fully saturated rings. The first-order chi connectivity index (χ1) is 8.72. The summed E-state index contributed by atoms with van der Waals surface area (Å²) in [7, 11) is 0. The molecule has 0 aliphatic carbocycles. The summed E-state index contributed by atoms with van der Waals surface area (Å²) >= 11 is 3.35. The van der Waals surface area contributed by atoms with Crippen LogP contribution in [-0.2, 0) is 0 Å². The van der Waals surface area contributed by atoms with E-state index in [0.29, 0.717) is 10.2 Å². The first kappa shape index (κ1) is 13.5. The molecule has 2 rings (SSSR count). The second kappa shape index (κ2) is 6.32. The minimum absolute atomic E-state index is 0.103. The van der Waals surface area contributed by atoms with Gasteiger partial charge >= 0.3 is 0 Å². The molecule has 18 heavy (non-hydrogen) atoms. The summed E-state index contributed by atoms with van der Waals surface area (Å²) in [6.45, 7) is 3.98. The van der Waals surface area contributed by atoms with Crippen molar-refractivity contribution in [2.75, 3.05) is 13.1 Å². The Labute approximate surface area is 117 Å². The van der Waals surface area contributed by atoms with E-state index in [2.05, 4.69) is 27.8 Å². The molecule has 1 aromatic rings. The Morgan fingerprint density at radius 2 is 2.33 bits per heavy atom. The van der Waals surface area contributed by atoms with Crippen LogP contribution in [0.3, 0.4) is 0 Å². The van der Waals surface area contributed by atoms with Crippen molar-refractivity contribution in [3.63, 3.8) is 0 Å². The van der Waals surface area contributed by atoms with Gasteiger partial charge in [-0.15, -0.1) is 0 Å². The van der Waals surface area contributed by atoms with E-state index < -0.39 is 0 Å². The molecule has 0 N–H and O–H groups in total. The number of nitrogens with zero attached hydrogens (tertiary/aromatic N) is 2. The summed E-state index contributed by atoms with van der Waals surface area (Å²) in [5, 5.41) is 0. The summed E-state index contributed by atoms with van der Waals surface area (Å²) in [6, 6.07) is 3.65. The fraction of sp³-hybridized carbons (Fsp3) is 0.571. The van der Waals surface area contributed by atoms with Crippen LogP contribution in [-0.4, -0.2) is 28.9 Å². The van der Waals surface area contributed by atoms with Gasteiger partial charge in [0.25, 0.3) is 5.91 Å². The van der Waals surface area contributed by atoms with E-state index in [1.165, 1.54) is 12.8 Å². The molecular formula is C14H19BrN2O. The molecule has 1 atom stereocenters. The van der Waals surface area contributed by atoms with Gasteiger partial charge in [0.05, 0.1) is 5.56 Å². The summed E-state index contributed by atoms with van der Waals surface area (Å²) in [5.74, 6) is 0.881. The SMILES string of the molecule is CCC1CCCN(C(=O)c2cccnc2Br)CC1. The van der Waals surface area contributed by atoms with Crippen LogP contribution in [0.4, 0.5) is 0 Å². The van der Waals surface area contributed by atoms with Crippen molar-refractivity contribution in [3.8, 4) is 0 Å². The van der Waals surface area contributed by atoms with Gasteiger partial charge in [0.2, 0.25) is 0 Å². The van der Waals surface area contributed by atoms with Crippen molar-refractivity contribution >= 4 is 21.8 Å². The molecule has 0 spiro atoms. The van der Waals surface area contributed by atoms with Crippen LogP contribution in [0.15, 0.2) is 22.9 Å². The molecule has 0 radical (unpaired) electrons. The topological polar surface area (TPSA) is 33.2 Å². The van der Waals surface area contributed by atoms with Crippen LogP contribution in [0.25, 0.3) is 0 Å². The van der Waals surface area contributed by atoms with Crippen LogP contribution < -0.4 is 0 Å². The molecule has 1 saturated heterocycles. The summed E-state index contributed by atoms with van der Waals surface area (Å²) < 4.78 is 0.645. The number of halogens is 1. The Morgan fingerprint density at radius 1 is 1.50 bits per heavy atom. The normalized spacial score (nSPS) is 20.6. The number of carbonyl (C=O) groups is 1. The third kappa shape index (κ3) is 3.10. The molecule has 0 saturated carbocycles. The van der Waals surface area contributed by atoms with Gasteiger partial charge in [-0.05, 0) is 53.2 Å². The Balaban J connectivity index is 2.08. The van der Waals surface area contributed by atoms with E-state index in [1.807, 2.05) is 17.0 Å². The van der Waals surface area contributed by atoms with E-state index in [-0.39, 0.29) is 5.91 Å². The lowest BCUT2D eigenvalue weighted by Gasteiger charge is -2.21. The lowest BCUT2D eigenvalue weighted by atomic mass is 9.98. The Morgan fingerprint density at radius 3 is 3.06 bits per heavy atom. The highest BCUT2D eigenvalue weighted by Crippen LogP contribution is 2.22. The standard InChI is InChI=1S/C14H19BrN2O/c1-2-11-5-4-9-17(10-7-11)14(18)12-6-3-8-16-13(12)15/h3,6,8,11H,2,4-5,7,9-10H2,1H3. The zero-order chi connectivity index (χ0) is 13.0.